The van der Waals surface area contributed by atoms with Crippen LogP contribution in [0.5, 0.6) is 0 Å². The average molecular weight is 219 g/mol. The highest BCUT2D eigenvalue weighted by atomic mass is 16.1. The molecule has 2 heteroatoms. The third-order valence-electron chi connectivity index (χ3n) is 2.60. The highest BCUT2D eigenvalue weighted by molar-refractivity contribution is 5.91. The van der Waals surface area contributed by atoms with E-state index >= 15 is 0 Å². The Labute approximate surface area is 98.1 Å². The van der Waals surface area contributed by atoms with E-state index < -0.39 is 0 Å². The monoisotopic (exact) mass is 219 g/mol. The van der Waals surface area contributed by atoms with E-state index in [2.05, 4.69) is 32.2 Å². The van der Waals surface area contributed by atoms with Crippen LogP contribution in [-0.2, 0) is 4.79 Å². The van der Waals surface area contributed by atoms with E-state index in [0.29, 0.717) is 12.3 Å². The summed E-state index contributed by atoms with van der Waals surface area (Å²) in [5, 5.41) is 2.95. The highest BCUT2D eigenvalue weighted by Crippen LogP contribution is 2.16. The molecule has 0 saturated heterocycles. The number of hydrogen-bond donors (Lipinski definition) is 1. The molecule has 0 spiro atoms. The van der Waals surface area contributed by atoms with Crippen LogP contribution in [0.4, 0.5) is 5.69 Å². The van der Waals surface area contributed by atoms with Crippen molar-refractivity contribution >= 4 is 11.6 Å². The van der Waals surface area contributed by atoms with E-state index in [1.54, 1.807) is 0 Å². The Balaban J connectivity index is 2.56. The zero-order chi connectivity index (χ0) is 12.1. The van der Waals surface area contributed by atoms with Gasteiger partial charge in [0.25, 0.3) is 0 Å². The van der Waals surface area contributed by atoms with E-state index in [9.17, 15) is 4.79 Å². The molecule has 0 aliphatic rings. The molecule has 0 atom stereocenters. The Morgan fingerprint density at radius 2 is 2.00 bits per heavy atom. The Kier molecular flexibility index (Phi) is 4.53. The second kappa shape index (κ2) is 5.69. The summed E-state index contributed by atoms with van der Waals surface area (Å²) in [5.41, 5.74) is 3.27. The minimum atomic E-state index is 0.112. The molecule has 0 radical (unpaired) electrons. The average Bonchev–Trinajstić information content (AvgIpc) is 2.19. The first-order chi connectivity index (χ1) is 7.49. The first-order valence-electron chi connectivity index (χ1n) is 5.86. The maximum atomic E-state index is 11.6. The van der Waals surface area contributed by atoms with Gasteiger partial charge in [-0.25, -0.2) is 0 Å². The van der Waals surface area contributed by atoms with Gasteiger partial charge in [-0.3, -0.25) is 4.79 Å². The summed E-state index contributed by atoms with van der Waals surface area (Å²) in [4.78, 5) is 11.6. The highest BCUT2D eigenvalue weighted by Gasteiger charge is 2.05. The summed E-state index contributed by atoms with van der Waals surface area (Å²) in [5.74, 6) is 0.686. The molecule has 1 aromatic rings. The standard InChI is InChI=1S/C14H21NO/c1-10(2)5-8-14(16)15-13-7-6-11(3)9-12(13)4/h6-7,9-10H,5,8H2,1-4H3,(H,15,16). The van der Waals surface area contributed by atoms with Gasteiger partial charge >= 0.3 is 0 Å². The summed E-state index contributed by atoms with van der Waals surface area (Å²) in [6, 6.07) is 6.07. The number of rotatable bonds is 4. The van der Waals surface area contributed by atoms with Gasteiger partial charge in [0.15, 0.2) is 0 Å². The molecule has 88 valence electrons. The maximum absolute atomic E-state index is 11.6. The van der Waals surface area contributed by atoms with E-state index in [1.807, 2.05) is 19.1 Å². The van der Waals surface area contributed by atoms with Crippen LogP contribution in [0.1, 0.15) is 37.8 Å². The lowest BCUT2D eigenvalue weighted by Gasteiger charge is -2.09. The van der Waals surface area contributed by atoms with Gasteiger partial charge in [-0.1, -0.05) is 31.5 Å². The Bertz CT molecular complexity index is 369. The second-order valence-corrected chi connectivity index (χ2v) is 4.80. The van der Waals surface area contributed by atoms with Gasteiger partial charge in [0.05, 0.1) is 0 Å². The number of aryl methyl sites for hydroxylation is 2. The summed E-state index contributed by atoms with van der Waals surface area (Å²) in [6.07, 6.45) is 1.54. The number of carbonyl (C=O) groups is 1. The molecule has 0 saturated carbocycles. The predicted octanol–water partition coefficient (Wildman–Crippen LogP) is 3.68. The number of hydrogen-bond acceptors (Lipinski definition) is 1. The van der Waals surface area contributed by atoms with Crippen LogP contribution in [0.15, 0.2) is 18.2 Å². The summed E-state index contributed by atoms with van der Waals surface area (Å²) < 4.78 is 0. The van der Waals surface area contributed by atoms with E-state index in [-0.39, 0.29) is 5.91 Å². The molecule has 1 N–H and O–H groups in total. The molecule has 0 aliphatic carbocycles. The van der Waals surface area contributed by atoms with Crippen LogP contribution in [-0.4, -0.2) is 5.91 Å². The molecular formula is C14H21NO. The predicted molar refractivity (Wildman–Crippen MR) is 68.6 cm³/mol. The lowest BCUT2D eigenvalue weighted by atomic mass is 10.1. The van der Waals surface area contributed by atoms with Crippen molar-refractivity contribution in [2.75, 3.05) is 5.32 Å². The molecule has 0 aliphatic heterocycles. The third-order valence-corrected chi connectivity index (χ3v) is 2.60. The van der Waals surface area contributed by atoms with Gasteiger partial charge in [0.2, 0.25) is 5.91 Å². The van der Waals surface area contributed by atoms with Gasteiger partial charge in [0, 0.05) is 12.1 Å². The number of anilines is 1. The first kappa shape index (κ1) is 12.8. The van der Waals surface area contributed by atoms with E-state index in [4.69, 9.17) is 0 Å². The van der Waals surface area contributed by atoms with E-state index in [0.717, 1.165) is 17.7 Å². The van der Waals surface area contributed by atoms with Crippen molar-refractivity contribution in [2.45, 2.75) is 40.5 Å². The zero-order valence-corrected chi connectivity index (χ0v) is 10.6. The van der Waals surface area contributed by atoms with Crippen molar-refractivity contribution in [1.29, 1.82) is 0 Å². The van der Waals surface area contributed by atoms with Crippen molar-refractivity contribution in [1.82, 2.24) is 0 Å². The summed E-state index contributed by atoms with van der Waals surface area (Å²) in [7, 11) is 0. The maximum Gasteiger partial charge on any atom is 0.224 e. The van der Waals surface area contributed by atoms with Crippen molar-refractivity contribution in [3.05, 3.63) is 29.3 Å². The number of amides is 1. The molecule has 0 bridgehead atoms. The quantitative estimate of drug-likeness (QED) is 0.822. The second-order valence-electron chi connectivity index (χ2n) is 4.80. The number of carbonyl (C=O) groups excluding carboxylic acids is 1. The Hall–Kier alpha value is -1.31. The van der Waals surface area contributed by atoms with Crippen LogP contribution in [0.25, 0.3) is 0 Å². The fourth-order valence-corrected chi connectivity index (χ4v) is 1.59. The molecule has 0 unspecified atom stereocenters. The molecule has 0 heterocycles. The number of nitrogens with one attached hydrogen (secondary N) is 1. The third kappa shape index (κ3) is 4.05. The zero-order valence-electron chi connectivity index (χ0n) is 10.6. The Morgan fingerprint density at radius 1 is 1.31 bits per heavy atom. The Morgan fingerprint density at radius 3 is 2.56 bits per heavy atom. The molecule has 1 amide bonds. The fourth-order valence-electron chi connectivity index (χ4n) is 1.59. The molecule has 0 aromatic heterocycles. The number of benzene rings is 1. The largest absolute Gasteiger partial charge is 0.326 e. The molecule has 0 fully saturated rings. The molecule has 1 aromatic carbocycles. The van der Waals surface area contributed by atoms with Gasteiger partial charge in [0.1, 0.15) is 0 Å². The van der Waals surface area contributed by atoms with Crippen LogP contribution < -0.4 is 5.32 Å². The van der Waals surface area contributed by atoms with Crippen molar-refractivity contribution in [2.24, 2.45) is 5.92 Å². The van der Waals surface area contributed by atoms with Crippen LogP contribution >= 0.6 is 0 Å². The molecule has 16 heavy (non-hydrogen) atoms. The minimum absolute atomic E-state index is 0.112. The van der Waals surface area contributed by atoms with E-state index in [1.165, 1.54) is 5.56 Å². The minimum Gasteiger partial charge on any atom is -0.326 e. The lowest BCUT2D eigenvalue weighted by Crippen LogP contribution is -2.13. The van der Waals surface area contributed by atoms with Crippen LogP contribution in [0.3, 0.4) is 0 Å². The van der Waals surface area contributed by atoms with Crippen molar-refractivity contribution in [3.63, 3.8) is 0 Å². The van der Waals surface area contributed by atoms with Crippen LogP contribution in [0.2, 0.25) is 0 Å². The van der Waals surface area contributed by atoms with Crippen LogP contribution in [0, 0.1) is 19.8 Å². The summed E-state index contributed by atoms with van der Waals surface area (Å²) in [6.45, 7) is 8.33. The van der Waals surface area contributed by atoms with Crippen molar-refractivity contribution < 1.29 is 4.79 Å². The topological polar surface area (TPSA) is 29.1 Å². The lowest BCUT2D eigenvalue weighted by molar-refractivity contribution is -0.116. The fraction of sp³-hybridized carbons (Fsp3) is 0.500. The van der Waals surface area contributed by atoms with Crippen molar-refractivity contribution in [3.8, 4) is 0 Å². The summed E-state index contributed by atoms with van der Waals surface area (Å²) >= 11 is 0. The SMILES string of the molecule is Cc1ccc(NC(=O)CCC(C)C)c(C)c1. The van der Waals surface area contributed by atoms with Gasteiger partial charge in [-0.15, -0.1) is 0 Å². The normalized spacial score (nSPS) is 10.6. The smallest absolute Gasteiger partial charge is 0.224 e. The molecular weight excluding hydrogens is 198 g/mol. The first-order valence-corrected chi connectivity index (χ1v) is 5.86. The molecule has 2 nitrogen and oxygen atoms in total. The van der Waals surface area contributed by atoms with Gasteiger partial charge in [-0.2, -0.15) is 0 Å². The van der Waals surface area contributed by atoms with Gasteiger partial charge < -0.3 is 5.32 Å². The molecule has 1 rings (SSSR count). The van der Waals surface area contributed by atoms with Gasteiger partial charge in [-0.05, 0) is 37.8 Å².